The van der Waals surface area contributed by atoms with Crippen molar-refractivity contribution in [2.24, 2.45) is 0 Å². The molecule has 0 saturated carbocycles. The highest BCUT2D eigenvalue weighted by molar-refractivity contribution is 9.11. The Morgan fingerprint density at radius 3 is 2.44 bits per heavy atom. The Morgan fingerprint density at radius 2 is 1.89 bits per heavy atom. The van der Waals surface area contributed by atoms with Gasteiger partial charge in [0.1, 0.15) is 11.6 Å². The van der Waals surface area contributed by atoms with Gasteiger partial charge in [-0.1, -0.05) is 0 Å². The van der Waals surface area contributed by atoms with E-state index in [1.807, 2.05) is 12.1 Å². The van der Waals surface area contributed by atoms with E-state index >= 15 is 0 Å². The molecule has 1 amide bonds. The second-order valence-corrected chi connectivity index (χ2v) is 6.09. The monoisotopic (exact) mass is 331 g/mol. The Labute approximate surface area is 115 Å². The van der Waals surface area contributed by atoms with E-state index in [2.05, 4.69) is 21.2 Å². The molecule has 0 aliphatic heterocycles. The van der Waals surface area contributed by atoms with E-state index in [1.54, 1.807) is 0 Å². The zero-order valence-electron chi connectivity index (χ0n) is 9.04. The molecular weight excluding hydrogens is 324 g/mol. The second-order valence-electron chi connectivity index (χ2n) is 3.55. The fourth-order valence-electron chi connectivity index (χ4n) is 1.40. The molecule has 2 rings (SSSR count). The third kappa shape index (κ3) is 3.36. The lowest BCUT2D eigenvalue weighted by Gasteiger charge is -2.04. The molecule has 0 fully saturated rings. The van der Waals surface area contributed by atoms with Crippen molar-refractivity contribution < 1.29 is 13.6 Å². The first-order chi connectivity index (χ1) is 8.54. The van der Waals surface area contributed by atoms with Gasteiger partial charge in [-0.05, 0) is 40.2 Å². The van der Waals surface area contributed by atoms with Crippen LogP contribution < -0.4 is 5.32 Å². The zero-order chi connectivity index (χ0) is 13.1. The van der Waals surface area contributed by atoms with Crippen molar-refractivity contribution in [3.05, 3.63) is 56.2 Å². The summed E-state index contributed by atoms with van der Waals surface area (Å²) in [6, 6.07) is 6.47. The number of rotatable bonds is 3. The molecule has 18 heavy (non-hydrogen) atoms. The average molecular weight is 332 g/mol. The molecule has 1 heterocycles. The van der Waals surface area contributed by atoms with Crippen LogP contribution in [0.5, 0.6) is 0 Å². The zero-order valence-corrected chi connectivity index (χ0v) is 11.4. The number of thiophene rings is 1. The van der Waals surface area contributed by atoms with Crippen molar-refractivity contribution in [1.29, 1.82) is 0 Å². The number of hydrogen-bond donors (Lipinski definition) is 1. The predicted octanol–water partition coefficient (Wildman–Crippen LogP) is 3.72. The smallest absolute Gasteiger partial charge is 0.251 e. The van der Waals surface area contributed by atoms with Gasteiger partial charge in [-0.2, -0.15) is 0 Å². The molecule has 6 heteroatoms. The highest BCUT2D eigenvalue weighted by Gasteiger charge is 2.09. The SMILES string of the molecule is O=C(NCc1ccc(Br)s1)c1cc(F)cc(F)c1. The van der Waals surface area contributed by atoms with Crippen LogP contribution in [0.4, 0.5) is 8.78 Å². The number of nitrogens with one attached hydrogen (secondary N) is 1. The number of halogens is 3. The van der Waals surface area contributed by atoms with Gasteiger partial charge < -0.3 is 5.32 Å². The first kappa shape index (κ1) is 13.2. The summed E-state index contributed by atoms with van der Waals surface area (Å²) in [6.07, 6.45) is 0. The Balaban J connectivity index is 2.03. The van der Waals surface area contributed by atoms with Gasteiger partial charge in [0, 0.05) is 16.5 Å². The maximum absolute atomic E-state index is 12.9. The van der Waals surface area contributed by atoms with E-state index in [9.17, 15) is 13.6 Å². The van der Waals surface area contributed by atoms with Gasteiger partial charge in [0.25, 0.3) is 5.91 Å². The van der Waals surface area contributed by atoms with Crippen molar-refractivity contribution in [1.82, 2.24) is 5.32 Å². The summed E-state index contributed by atoms with van der Waals surface area (Å²) in [5.41, 5.74) is -0.0249. The van der Waals surface area contributed by atoms with Crippen LogP contribution in [0.3, 0.4) is 0 Å². The summed E-state index contributed by atoms with van der Waals surface area (Å²) in [4.78, 5) is 12.6. The number of benzene rings is 1. The van der Waals surface area contributed by atoms with E-state index in [-0.39, 0.29) is 5.56 Å². The molecule has 2 aromatic rings. The van der Waals surface area contributed by atoms with Crippen LogP contribution in [0.15, 0.2) is 34.1 Å². The van der Waals surface area contributed by atoms with Gasteiger partial charge in [0.2, 0.25) is 0 Å². The lowest BCUT2D eigenvalue weighted by atomic mass is 10.2. The lowest BCUT2D eigenvalue weighted by Crippen LogP contribution is -2.22. The van der Waals surface area contributed by atoms with E-state index in [0.29, 0.717) is 6.54 Å². The van der Waals surface area contributed by atoms with Crippen molar-refractivity contribution in [3.8, 4) is 0 Å². The van der Waals surface area contributed by atoms with Gasteiger partial charge in [0.15, 0.2) is 0 Å². The minimum atomic E-state index is -0.765. The van der Waals surface area contributed by atoms with Gasteiger partial charge in [-0.25, -0.2) is 8.78 Å². The van der Waals surface area contributed by atoms with E-state index in [0.717, 1.165) is 26.9 Å². The van der Waals surface area contributed by atoms with Crippen molar-refractivity contribution in [2.45, 2.75) is 6.54 Å². The molecule has 0 bridgehead atoms. The van der Waals surface area contributed by atoms with Crippen LogP contribution in [0, 0.1) is 11.6 Å². The summed E-state index contributed by atoms with van der Waals surface area (Å²) >= 11 is 4.79. The summed E-state index contributed by atoms with van der Waals surface area (Å²) < 4.78 is 26.8. The first-order valence-electron chi connectivity index (χ1n) is 5.03. The largest absolute Gasteiger partial charge is 0.347 e. The average Bonchev–Trinajstić information content (AvgIpc) is 2.70. The van der Waals surface area contributed by atoms with E-state index in [1.165, 1.54) is 11.3 Å². The fourth-order valence-corrected chi connectivity index (χ4v) is 2.82. The molecule has 2 nitrogen and oxygen atoms in total. The Bertz CT molecular complexity index is 565. The maximum Gasteiger partial charge on any atom is 0.251 e. The topological polar surface area (TPSA) is 29.1 Å². The summed E-state index contributed by atoms with van der Waals surface area (Å²) in [5, 5.41) is 2.60. The van der Waals surface area contributed by atoms with Crippen molar-refractivity contribution >= 4 is 33.2 Å². The standard InChI is InChI=1S/C12H8BrF2NOS/c13-11-2-1-10(18-11)6-16-12(17)7-3-8(14)5-9(15)4-7/h1-5H,6H2,(H,16,17). The van der Waals surface area contributed by atoms with Crippen molar-refractivity contribution in [3.63, 3.8) is 0 Å². The number of hydrogen-bond acceptors (Lipinski definition) is 2. The van der Waals surface area contributed by atoms with Crippen LogP contribution in [0.1, 0.15) is 15.2 Å². The molecule has 94 valence electrons. The van der Waals surface area contributed by atoms with Gasteiger partial charge in [-0.3, -0.25) is 4.79 Å². The lowest BCUT2D eigenvalue weighted by molar-refractivity contribution is 0.0950. The number of amides is 1. The Hall–Kier alpha value is -1.27. The number of carbonyl (C=O) groups is 1. The van der Waals surface area contributed by atoms with Crippen LogP contribution in [-0.4, -0.2) is 5.91 Å². The second kappa shape index (κ2) is 5.58. The first-order valence-corrected chi connectivity index (χ1v) is 6.64. The minimum absolute atomic E-state index is 0.0249. The highest BCUT2D eigenvalue weighted by Crippen LogP contribution is 2.21. The molecule has 1 aromatic heterocycles. The molecule has 0 aliphatic rings. The van der Waals surface area contributed by atoms with Crippen molar-refractivity contribution in [2.75, 3.05) is 0 Å². The minimum Gasteiger partial charge on any atom is -0.347 e. The van der Waals surface area contributed by atoms with Crippen LogP contribution >= 0.6 is 27.3 Å². The maximum atomic E-state index is 12.9. The molecule has 0 spiro atoms. The Morgan fingerprint density at radius 1 is 1.22 bits per heavy atom. The van der Waals surface area contributed by atoms with Gasteiger partial charge in [-0.15, -0.1) is 11.3 Å². The molecule has 0 saturated heterocycles. The molecule has 0 atom stereocenters. The van der Waals surface area contributed by atoms with Crippen LogP contribution in [0.2, 0.25) is 0 Å². The quantitative estimate of drug-likeness (QED) is 0.912. The fraction of sp³-hybridized carbons (Fsp3) is 0.0833. The molecule has 0 unspecified atom stereocenters. The predicted molar refractivity (Wildman–Crippen MR) is 69.5 cm³/mol. The highest BCUT2D eigenvalue weighted by atomic mass is 79.9. The molecule has 0 aliphatic carbocycles. The number of carbonyl (C=O) groups excluding carboxylic acids is 1. The summed E-state index contributed by atoms with van der Waals surface area (Å²) in [5.74, 6) is -2.03. The third-order valence-corrected chi connectivity index (χ3v) is 3.80. The molecule has 1 N–H and O–H groups in total. The van der Waals surface area contributed by atoms with Crippen LogP contribution in [0.25, 0.3) is 0 Å². The van der Waals surface area contributed by atoms with Gasteiger partial charge >= 0.3 is 0 Å². The summed E-state index contributed by atoms with van der Waals surface area (Å²) in [6.45, 7) is 0.327. The van der Waals surface area contributed by atoms with Gasteiger partial charge in [0.05, 0.1) is 10.3 Å². The van der Waals surface area contributed by atoms with E-state index in [4.69, 9.17) is 0 Å². The molecular formula is C12H8BrF2NOS. The van der Waals surface area contributed by atoms with E-state index < -0.39 is 17.5 Å². The Kier molecular flexibility index (Phi) is 4.08. The van der Waals surface area contributed by atoms with Crippen LogP contribution in [-0.2, 0) is 6.54 Å². The summed E-state index contributed by atoms with van der Waals surface area (Å²) in [7, 11) is 0. The third-order valence-electron chi connectivity index (χ3n) is 2.18. The molecule has 0 radical (unpaired) electrons. The molecule has 1 aromatic carbocycles. The normalized spacial score (nSPS) is 10.4.